The van der Waals surface area contributed by atoms with Crippen LogP contribution in [0.3, 0.4) is 0 Å². The van der Waals surface area contributed by atoms with Gasteiger partial charge in [-0.2, -0.15) is 8.78 Å². The predicted octanol–water partition coefficient (Wildman–Crippen LogP) is 4.85. The third kappa shape index (κ3) is 6.35. The summed E-state index contributed by atoms with van der Waals surface area (Å²) in [6.07, 6.45) is 4.74. The molecular weight excluding hydrogens is 438 g/mol. The first kappa shape index (κ1) is 22.8. The van der Waals surface area contributed by atoms with Crippen molar-refractivity contribution in [3.8, 4) is 5.75 Å². The molecule has 1 atom stereocenters. The molecule has 1 heterocycles. The summed E-state index contributed by atoms with van der Waals surface area (Å²) in [5.41, 5.74) is 3.22. The Hall–Kier alpha value is -4.33. The lowest BCUT2D eigenvalue weighted by atomic mass is 9.98. The predicted molar refractivity (Wildman–Crippen MR) is 124 cm³/mol. The second-order valence-electron chi connectivity index (χ2n) is 7.46. The van der Waals surface area contributed by atoms with Gasteiger partial charge in [0.2, 0.25) is 5.91 Å². The lowest BCUT2D eigenvalue weighted by molar-refractivity contribution is -0.116. The number of carbonyl (C=O) groups is 1. The van der Waals surface area contributed by atoms with E-state index >= 15 is 0 Å². The van der Waals surface area contributed by atoms with Crippen LogP contribution in [-0.2, 0) is 11.3 Å². The third-order valence-electron chi connectivity index (χ3n) is 5.01. The van der Waals surface area contributed by atoms with Gasteiger partial charge in [-0.05, 0) is 34.9 Å². The van der Waals surface area contributed by atoms with Crippen LogP contribution in [0.15, 0.2) is 97.2 Å². The largest absolute Gasteiger partial charge is 0.435 e. The van der Waals surface area contributed by atoms with E-state index in [4.69, 9.17) is 0 Å². The molecule has 0 saturated heterocycles. The minimum Gasteiger partial charge on any atom is -0.435 e. The standard InChI is InChI=1S/C26H22F2N4O2/c27-26(28)34-23-14-11-21(12-15-23)25(20-9-5-2-6-10-20)29-24(33)16-13-22-18-32(31-30-22)17-19-7-3-1-4-8-19/h1-16,18,25-26H,17H2,(H,29,33)/b16-13+. The molecule has 1 amide bonds. The Bertz CT molecular complexity index is 1230. The van der Waals surface area contributed by atoms with E-state index in [1.807, 2.05) is 60.7 Å². The normalized spacial score (nSPS) is 12.1. The third-order valence-corrected chi connectivity index (χ3v) is 5.01. The highest BCUT2D eigenvalue weighted by atomic mass is 19.3. The summed E-state index contributed by atoms with van der Waals surface area (Å²) in [5, 5.41) is 11.1. The molecule has 172 valence electrons. The van der Waals surface area contributed by atoms with Gasteiger partial charge in [-0.1, -0.05) is 78.0 Å². The number of amides is 1. The first-order valence-corrected chi connectivity index (χ1v) is 10.6. The number of benzene rings is 3. The molecule has 0 aliphatic rings. The van der Waals surface area contributed by atoms with Crippen molar-refractivity contribution in [1.29, 1.82) is 0 Å². The molecular formula is C26H22F2N4O2. The highest BCUT2D eigenvalue weighted by Gasteiger charge is 2.16. The number of halogens is 2. The van der Waals surface area contributed by atoms with Gasteiger partial charge in [-0.3, -0.25) is 4.79 Å². The number of rotatable bonds is 9. The molecule has 1 N–H and O–H groups in total. The average molecular weight is 460 g/mol. The average Bonchev–Trinajstić information content (AvgIpc) is 3.30. The van der Waals surface area contributed by atoms with Crippen LogP contribution < -0.4 is 10.1 Å². The van der Waals surface area contributed by atoms with Crippen LogP contribution in [0.2, 0.25) is 0 Å². The van der Waals surface area contributed by atoms with Crippen molar-refractivity contribution in [2.75, 3.05) is 0 Å². The van der Waals surface area contributed by atoms with E-state index in [0.717, 1.165) is 16.7 Å². The lowest BCUT2D eigenvalue weighted by Gasteiger charge is -2.19. The van der Waals surface area contributed by atoms with Crippen molar-refractivity contribution in [1.82, 2.24) is 20.3 Å². The van der Waals surface area contributed by atoms with Gasteiger partial charge in [0.25, 0.3) is 0 Å². The Morgan fingerprint density at radius 3 is 2.26 bits per heavy atom. The number of hydrogen-bond donors (Lipinski definition) is 1. The Morgan fingerprint density at radius 1 is 0.941 bits per heavy atom. The van der Waals surface area contributed by atoms with E-state index in [2.05, 4.69) is 20.4 Å². The molecule has 1 unspecified atom stereocenters. The summed E-state index contributed by atoms with van der Waals surface area (Å²) in [5.74, 6) is -0.283. The van der Waals surface area contributed by atoms with Gasteiger partial charge in [0.1, 0.15) is 11.4 Å². The van der Waals surface area contributed by atoms with Crippen LogP contribution in [0.4, 0.5) is 8.78 Å². The summed E-state index contributed by atoms with van der Waals surface area (Å²) in [7, 11) is 0. The van der Waals surface area contributed by atoms with Crippen molar-refractivity contribution >= 4 is 12.0 Å². The smallest absolute Gasteiger partial charge is 0.387 e. The first-order chi connectivity index (χ1) is 16.6. The highest BCUT2D eigenvalue weighted by Crippen LogP contribution is 2.25. The van der Waals surface area contributed by atoms with Gasteiger partial charge in [0, 0.05) is 6.08 Å². The number of nitrogens with zero attached hydrogens (tertiary/aromatic N) is 3. The number of alkyl halides is 2. The molecule has 4 aromatic rings. The second kappa shape index (κ2) is 11.0. The molecule has 0 bridgehead atoms. The van der Waals surface area contributed by atoms with Crippen molar-refractivity contribution in [2.24, 2.45) is 0 Å². The fourth-order valence-electron chi connectivity index (χ4n) is 3.44. The molecule has 0 spiro atoms. The topological polar surface area (TPSA) is 69.0 Å². The van der Waals surface area contributed by atoms with Crippen LogP contribution in [0.5, 0.6) is 5.75 Å². The summed E-state index contributed by atoms with van der Waals surface area (Å²) in [6.45, 7) is -2.32. The molecule has 3 aromatic carbocycles. The summed E-state index contributed by atoms with van der Waals surface area (Å²) in [4.78, 5) is 12.7. The molecule has 1 aromatic heterocycles. The number of ether oxygens (including phenoxy) is 1. The van der Waals surface area contributed by atoms with Gasteiger partial charge in [-0.15, -0.1) is 5.10 Å². The quantitative estimate of drug-likeness (QED) is 0.363. The number of aromatic nitrogens is 3. The minimum absolute atomic E-state index is 0.0513. The van der Waals surface area contributed by atoms with E-state index in [0.29, 0.717) is 12.2 Å². The Kier molecular flexibility index (Phi) is 7.39. The zero-order chi connectivity index (χ0) is 23.8. The van der Waals surface area contributed by atoms with Crippen LogP contribution in [-0.4, -0.2) is 27.5 Å². The molecule has 0 radical (unpaired) electrons. The van der Waals surface area contributed by atoms with Crippen LogP contribution in [0.25, 0.3) is 6.08 Å². The maximum absolute atomic E-state index is 12.7. The zero-order valence-electron chi connectivity index (χ0n) is 18.1. The molecule has 8 heteroatoms. The minimum atomic E-state index is -2.90. The first-order valence-electron chi connectivity index (χ1n) is 10.6. The van der Waals surface area contributed by atoms with Gasteiger partial charge in [-0.25, -0.2) is 4.68 Å². The van der Waals surface area contributed by atoms with Crippen molar-refractivity contribution in [3.05, 3.63) is 120 Å². The van der Waals surface area contributed by atoms with E-state index in [-0.39, 0.29) is 11.7 Å². The Labute approximate surface area is 195 Å². The van der Waals surface area contributed by atoms with E-state index in [1.54, 1.807) is 29.1 Å². The highest BCUT2D eigenvalue weighted by molar-refractivity contribution is 5.92. The molecule has 0 saturated carbocycles. The van der Waals surface area contributed by atoms with E-state index in [9.17, 15) is 13.6 Å². The molecule has 34 heavy (non-hydrogen) atoms. The number of hydrogen-bond acceptors (Lipinski definition) is 4. The van der Waals surface area contributed by atoms with Crippen LogP contribution in [0.1, 0.15) is 28.4 Å². The zero-order valence-corrected chi connectivity index (χ0v) is 18.1. The molecule has 4 rings (SSSR count). The SMILES string of the molecule is O=C(/C=C/c1cn(Cc2ccccc2)nn1)NC(c1ccccc1)c1ccc(OC(F)F)cc1. The lowest BCUT2D eigenvalue weighted by Crippen LogP contribution is -2.27. The summed E-state index contributed by atoms with van der Waals surface area (Å²) < 4.78 is 31.0. The fraction of sp³-hybridized carbons (Fsp3) is 0.115. The maximum Gasteiger partial charge on any atom is 0.387 e. The number of carbonyl (C=O) groups excluding carboxylic acids is 1. The monoisotopic (exact) mass is 460 g/mol. The van der Waals surface area contributed by atoms with Gasteiger partial charge < -0.3 is 10.1 Å². The van der Waals surface area contributed by atoms with Gasteiger partial charge in [0.05, 0.1) is 18.8 Å². The molecule has 0 aliphatic carbocycles. The fourth-order valence-corrected chi connectivity index (χ4v) is 3.44. The van der Waals surface area contributed by atoms with Crippen LogP contribution in [0, 0.1) is 0 Å². The van der Waals surface area contributed by atoms with Crippen LogP contribution >= 0.6 is 0 Å². The van der Waals surface area contributed by atoms with E-state index < -0.39 is 12.7 Å². The second-order valence-corrected chi connectivity index (χ2v) is 7.46. The molecule has 0 aliphatic heterocycles. The van der Waals surface area contributed by atoms with Gasteiger partial charge in [0.15, 0.2) is 0 Å². The van der Waals surface area contributed by atoms with Crippen molar-refractivity contribution in [3.63, 3.8) is 0 Å². The summed E-state index contributed by atoms with van der Waals surface area (Å²) in [6, 6.07) is 25.0. The molecule has 6 nitrogen and oxygen atoms in total. The van der Waals surface area contributed by atoms with Crippen molar-refractivity contribution < 1.29 is 18.3 Å². The van der Waals surface area contributed by atoms with Gasteiger partial charge >= 0.3 is 6.61 Å². The summed E-state index contributed by atoms with van der Waals surface area (Å²) >= 11 is 0. The van der Waals surface area contributed by atoms with Crippen molar-refractivity contribution in [2.45, 2.75) is 19.2 Å². The van der Waals surface area contributed by atoms with E-state index in [1.165, 1.54) is 18.2 Å². The Morgan fingerprint density at radius 2 is 1.59 bits per heavy atom. The molecule has 0 fully saturated rings. The maximum atomic E-state index is 12.7. The number of nitrogens with one attached hydrogen (secondary N) is 1. The Balaban J connectivity index is 1.45.